The number of rotatable bonds is 4. The van der Waals surface area contributed by atoms with Crippen LogP contribution in [0.4, 0.5) is 4.39 Å². The van der Waals surface area contributed by atoms with Crippen molar-refractivity contribution >= 4 is 27.5 Å². The lowest BCUT2D eigenvalue weighted by molar-refractivity contribution is -0.113. The highest BCUT2D eigenvalue weighted by molar-refractivity contribution is 9.10. The maximum Gasteiger partial charge on any atom is 0.229 e. The van der Waals surface area contributed by atoms with Gasteiger partial charge in [-0.2, -0.15) is 0 Å². The Hall–Kier alpha value is -1.07. The lowest BCUT2D eigenvalue weighted by Gasteiger charge is -2.20. The zero-order chi connectivity index (χ0) is 17.4. The summed E-state index contributed by atoms with van der Waals surface area (Å²) in [5.74, 6) is -0.618. The number of carbonyl (C=O) groups is 2. The highest BCUT2D eigenvalue weighted by atomic mass is 79.9. The van der Waals surface area contributed by atoms with Gasteiger partial charge in [0.15, 0.2) is 5.78 Å². The van der Waals surface area contributed by atoms with E-state index in [1.165, 1.54) is 44.7 Å². The van der Waals surface area contributed by atoms with Gasteiger partial charge in [-0.1, -0.05) is 19.8 Å². The summed E-state index contributed by atoms with van der Waals surface area (Å²) in [6.45, 7) is 7.05. The van der Waals surface area contributed by atoms with Gasteiger partial charge in [0.05, 0.1) is 0 Å². The maximum absolute atomic E-state index is 12.8. The van der Waals surface area contributed by atoms with Crippen molar-refractivity contribution in [2.75, 3.05) is 13.2 Å². The number of benzene rings is 1. The van der Waals surface area contributed by atoms with Crippen molar-refractivity contribution in [2.45, 2.75) is 46.5 Å². The number of halogens is 2. The van der Waals surface area contributed by atoms with E-state index in [0.717, 1.165) is 19.1 Å². The fourth-order valence-corrected chi connectivity index (χ4v) is 3.32. The van der Waals surface area contributed by atoms with Crippen LogP contribution in [-0.4, -0.2) is 24.8 Å². The quantitative estimate of drug-likeness (QED) is 0.546. The summed E-state index contributed by atoms with van der Waals surface area (Å²) in [7, 11) is 0. The summed E-state index contributed by atoms with van der Waals surface area (Å²) in [4.78, 5) is 22.3. The van der Waals surface area contributed by atoms with Crippen LogP contribution < -0.4 is 0 Å². The van der Waals surface area contributed by atoms with E-state index >= 15 is 0 Å². The van der Waals surface area contributed by atoms with Gasteiger partial charge in [-0.3, -0.25) is 9.59 Å². The van der Waals surface area contributed by atoms with Crippen molar-refractivity contribution in [3.8, 4) is 0 Å². The average molecular weight is 387 g/mol. The third-order valence-corrected chi connectivity index (χ3v) is 4.46. The second kappa shape index (κ2) is 9.93. The minimum atomic E-state index is -0.602. The molecule has 0 atom stereocenters. The van der Waals surface area contributed by atoms with E-state index < -0.39 is 17.4 Å². The largest absolute Gasteiger partial charge is 0.381 e. The van der Waals surface area contributed by atoms with Crippen LogP contribution in [0.1, 0.15) is 55.5 Å². The van der Waals surface area contributed by atoms with Crippen LogP contribution in [0.2, 0.25) is 0 Å². The standard InChI is InChI=1S/C10H8BrFO2.C8H16O/c1-5-3-7(12)4-8(11)9(5)10(14)6(2)13;1-2-3-8-4-6-9-7-5-8/h3-4H,1-2H3;8H,2-7H2,1H3. The molecule has 23 heavy (non-hydrogen) atoms. The molecule has 0 radical (unpaired) electrons. The molecule has 1 aliphatic heterocycles. The molecule has 128 valence electrons. The first-order valence-corrected chi connectivity index (χ1v) is 8.74. The van der Waals surface area contributed by atoms with Gasteiger partial charge >= 0.3 is 0 Å². The van der Waals surface area contributed by atoms with Crippen LogP contribution in [0, 0.1) is 18.7 Å². The first-order chi connectivity index (χ1) is 10.9. The molecule has 0 aliphatic carbocycles. The number of ketones is 2. The topological polar surface area (TPSA) is 43.4 Å². The van der Waals surface area contributed by atoms with Gasteiger partial charge < -0.3 is 4.74 Å². The van der Waals surface area contributed by atoms with E-state index in [2.05, 4.69) is 22.9 Å². The van der Waals surface area contributed by atoms with Crippen molar-refractivity contribution in [1.29, 1.82) is 0 Å². The molecule has 0 aromatic heterocycles. The molecule has 0 amide bonds. The van der Waals surface area contributed by atoms with E-state index in [4.69, 9.17) is 4.74 Å². The molecule has 0 unspecified atom stereocenters. The second-order valence-corrected chi connectivity index (χ2v) is 6.66. The fraction of sp³-hybridized carbons (Fsp3) is 0.556. The molecule has 1 heterocycles. The Labute approximate surface area is 145 Å². The number of ether oxygens (including phenoxy) is 1. The first-order valence-electron chi connectivity index (χ1n) is 7.95. The normalized spacial score (nSPS) is 14.8. The van der Waals surface area contributed by atoms with Crippen LogP contribution in [-0.2, 0) is 9.53 Å². The van der Waals surface area contributed by atoms with E-state index in [9.17, 15) is 14.0 Å². The summed E-state index contributed by atoms with van der Waals surface area (Å²) in [6.07, 6.45) is 5.34. The van der Waals surface area contributed by atoms with Crippen LogP contribution in [0.5, 0.6) is 0 Å². The average Bonchev–Trinajstić information content (AvgIpc) is 2.48. The number of aryl methyl sites for hydroxylation is 1. The molecule has 0 saturated carbocycles. The highest BCUT2D eigenvalue weighted by Gasteiger charge is 2.18. The Morgan fingerprint density at radius 2 is 1.91 bits per heavy atom. The molecule has 0 N–H and O–H groups in total. The maximum atomic E-state index is 12.8. The SMILES string of the molecule is CC(=O)C(=O)c1c(C)cc(F)cc1Br.CCCC1CCOCC1. The number of hydrogen-bond acceptors (Lipinski definition) is 3. The van der Waals surface area contributed by atoms with Gasteiger partial charge in [-0.15, -0.1) is 0 Å². The van der Waals surface area contributed by atoms with E-state index in [0.29, 0.717) is 10.0 Å². The summed E-state index contributed by atoms with van der Waals surface area (Å²) in [5.41, 5.74) is 0.691. The minimum Gasteiger partial charge on any atom is -0.381 e. The van der Waals surface area contributed by atoms with Crippen LogP contribution in [0.15, 0.2) is 16.6 Å². The van der Waals surface area contributed by atoms with Gasteiger partial charge in [0.2, 0.25) is 5.78 Å². The lowest BCUT2D eigenvalue weighted by Crippen LogP contribution is -2.14. The molecule has 5 heteroatoms. The molecular formula is C18H24BrFO3. The monoisotopic (exact) mass is 386 g/mol. The van der Waals surface area contributed by atoms with Crippen molar-refractivity contribution in [2.24, 2.45) is 5.92 Å². The molecule has 0 spiro atoms. The Morgan fingerprint density at radius 3 is 2.39 bits per heavy atom. The summed E-state index contributed by atoms with van der Waals surface area (Å²) < 4.78 is 18.4. The Morgan fingerprint density at radius 1 is 1.30 bits per heavy atom. The molecule has 2 rings (SSSR count). The predicted octanol–water partition coefficient (Wildman–Crippen LogP) is 4.88. The van der Waals surface area contributed by atoms with E-state index in [1.54, 1.807) is 6.92 Å². The highest BCUT2D eigenvalue weighted by Crippen LogP contribution is 2.23. The van der Waals surface area contributed by atoms with Crippen LogP contribution >= 0.6 is 15.9 Å². The molecule has 3 nitrogen and oxygen atoms in total. The molecule has 1 aromatic rings. The fourth-order valence-electron chi connectivity index (χ4n) is 2.61. The number of Topliss-reactive ketones (excluding diaryl/α,β-unsaturated/α-hetero) is 2. The Kier molecular flexibility index (Phi) is 8.63. The van der Waals surface area contributed by atoms with Crippen molar-refractivity contribution in [1.82, 2.24) is 0 Å². The molecule has 1 saturated heterocycles. The summed E-state index contributed by atoms with van der Waals surface area (Å²) >= 11 is 3.05. The predicted molar refractivity (Wildman–Crippen MR) is 92.3 cm³/mol. The molecule has 1 aromatic carbocycles. The van der Waals surface area contributed by atoms with Gasteiger partial charge in [0.1, 0.15) is 5.82 Å². The van der Waals surface area contributed by atoms with Crippen LogP contribution in [0.3, 0.4) is 0 Å². The Bertz CT molecular complexity index is 525. The van der Waals surface area contributed by atoms with Crippen molar-refractivity contribution in [3.63, 3.8) is 0 Å². The third-order valence-electron chi connectivity index (χ3n) is 3.84. The molecule has 1 fully saturated rings. The first kappa shape index (κ1) is 20.0. The van der Waals surface area contributed by atoms with Crippen molar-refractivity contribution < 1.29 is 18.7 Å². The zero-order valence-electron chi connectivity index (χ0n) is 14.0. The summed E-state index contributed by atoms with van der Waals surface area (Å²) in [5, 5.41) is 0. The summed E-state index contributed by atoms with van der Waals surface area (Å²) in [6, 6.07) is 2.39. The molecular weight excluding hydrogens is 363 g/mol. The van der Waals surface area contributed by atoms with E-state index in [1.807, 2.05) is 0 Å². The lowest BCUT2D eigenvalue weighted by atomic mass is 9.95. The number of hydrogen-bond donors (Lipinski definition) is 0. The minimum absolute atomic E-state index is 0.235. The van der Waals surface area contributed by atoms with E-state index in [-0.39, 0.29) is 5.56 Å². The van der Waals surface area contributed by atoms with Crippen molar-refractivity contribution in [3.05, 3.63) is 33.5 Å². The number of carbonyl (C=O) groups excluding carboxylic acids is 2. The zero-order valence-corrected chi connectivity index (χ0v) is 15.5. The molecule has 1 aliphatic rings. The smallest absolute Gasteiger partial charge is 0.229 e. The van der Waals surface area contributed by atoms with Crippen LogP contribution in [0.25, 0.3) is 0 Å². The van der Waals surface area contributed by atoms with Gasteiger partial charge in [-0.25, -0.2) is 4.39 Å². The van der Waals surface area contributed by atoms with Gasteiger partial charge in [-0.05, 0) is 59.3 Å². The third kappa shape index (κ3) is 6.51. The van der Waals surface area contributed by atoms with Gasteiger partial charge in [0, 0.05) is 30.2 Å². The second-order valence-electron chi connectivity index (χ2n) is 5.81. The van der Waals surface area contributed by atoms with Gasteiger partial charge in [0.25, 0.3) is 0 Å². The molecule has 0 bridgehead atoms. The Balaban J connectivity index is 0.000000253.